The third-order valence-electron chi connectivity index (χ3n) is 2.74. The Balaban J connectivity index is 2.40. The van der Waals surface area contributed by atoms with Crippen molar-refractivity contribution >= 4 is 34.9 Å². The van der Waals surface area contributed by atoms with E-state index in [4.69, 9.17) is 23.8 Å². The maximum Gasteiger partial charge on any atom is 0.182 e. The summed E-state index contributed by atoms with van der Waals surface area (Å²) in [7, 11) is 0. The van der Waals surface area contributed by atoms with Gasteiger partial charge >= 0.3 is 0 Å². The lowest BCUT2D eigenvalue weighted by Crippen LogP contribution is -1.97. The van der Waals surface area contributed by atoms with E-state index in [2.05, 4.69) is 4.98 Å². The predicted molar refractivity (Wildman–Crippen MR) is 73.4 cm³/mol. The lowest BCUT2D eigenvalue weighted by molar-refractivity contribution is 0.619. The highest BCUT2D eigenvalue weighted by Gasteiger charge is 2.10. The summed E-state index contributed by atoms with van der Waals surface area (Å²) < 4.78 is 15.9. The molecule has 0 saturated heterocycles. The number of nitrogens with one attached hydrogen (secondary N) is 1. The molecular weight excluding hydrogens is 271 g/mol. The molecule has 0 spiro atoms. The van der Waals surface area contributed by atoms with Crippen LogP contribution in [0, 0.1) is 10.6 Å². The second-order valence-electron chi connectivity index (χ2n) is 3.88. The van der Waals surface area contributed by atoms with Gasteiger partial charge in [-0.05, 0) is 42.5 Å². The number of imidazole rings is 1. The quantitative estimate of drug-likeness (QED) is 0.651. The molecule has 0 amide bonds. The maximum atomic E-state index is 13.8. The maximum absolute atomic E-state index is 13.8. The van der Waals surface area contributed by atoms with Gasteiger partial charge in [-0.1, -0.05) is 23.7 Å². The van der Waals surface area contributed by atoms with Gasteiger partial charge in [-0.3, -0.25) is 4.57 Å². The van der Waals surface area contributed by atoms with Crippen LogP contribution in [0.2, 0.25) is 5.02 Å². The first-order chi connectivity index (χ1) is 8.66. The van der Waals surface area contributed by atoms with Crippen molar-refractivity contribution in [3.63, 3.8) is 0 Å². The normalized spacial score (nSPS) is 11.0. The van der Waals surface area contributed by atoms with Crippen molar-refractivity contribution in [1.82, 2.24) is 9.55 Å². The van der Waals surface area contributed by atoms with Gasteiger partial charge in [-0.2, -0.15) is 0 Å². The van der Waals surface area contributed by atoms with Crippen LogP contribution in [0.5, 0.6) is 0 Å². The van der Waals surface area contributed by atoms with Crippen LogP contribution in [-0.2, 0) is 0 Å². The van der Waals surface area contributed by atoms with Gasteiger partial charge < -0.3 is 4.98 Å². The molecule has 0 bridgehead atoms. The molecule has 1 heterocycles. The van der Waals surface area contributed by atoms with Crippen molar-refractivity contribution in [1.29, 1.82) is 0 Å². The summed E-state index contributed by atoms with van der Waals surface area (Å²) in [5, 5.41) is 0.611. The summed E-state index contributed by atoms with van der Waals surface area (Å²) in [6, 6.07) is 11.9. The molecule has 1 aromatic heterocycles. The molecule has 0 atom stereocenters. The fourth-order valence-corrected chi connectivity index (χ4v) is 2.43. The highest BCUT2D eigenvalue weighted by molar-refractivity contribution is 7.71. The average molecular weight is 279 g/mol. The molecule has 3 aromatic rings. The number of fused-ring (bicyclic) bond motifs is 1. The topological polar surface area (TPSA) is 20.7 Å². The highest BCUT2D eigenvalue weighted by atomic mass is 35.5. The molecule has 0 saturated carbocycles. The first-order valence-corrected chi connectivity index (χ1v) is 6.10. The minimum atomic E-state index is -0.315. The molecule has 90 valence electrons. The lowest BCUT2D eigenvalue weighted by Gasteiger charge is -2.05. The third-order valence-corrected chi connectivity index (χ3v) is 3.26. The van der Waals surface area contributed by atoms with Gasteiger partial charge in [0.15, 0.2) is 4.77 Å². The van der Waals surface area contributed by atoms with Crippen molar-refractivity contribution in [2.24, 2.45) is 0 Å². The Morgan fingerprint density at radius 2 is 1.94 bits per heavy atom. The number of hydrogen-bond acceptors (Lipinski definition) is 1. The summed E-state index contributed by atoms with van der Waals surface area (Å²) in [5.74, 6) is -0.315. The molecule has 2 nitrogen and oxygen atoms in total. The molecule has 0 fully saturated rings. The van der Waals surface area contributed by atoms with Crippen LogP contribution in [0.3, 0.4) is 0 Å². The van der Waals surface area contributed by atoms with Crippen molar-refractivity contribution in [3.05, 3.63) is 58.1 Å². The second-order valence-corrected chi connectivity index (χ2v) is 4.70. The van der Waals surface area contributed by atoms with Gasteiger partial charge in [0.25, 0.3) is 0 Å². The number of aromatic amines is 1. The van der Waals surface area contributed by atoms with Gasteiger partial charge in [0, 0.05) is 5.02 Å². The molecule has 0 radical (unpaired) electrons. The lowest BCUT2D eigenvalue weighted by atomic mass is 10.2. The van der Waals surface area contributed by atoms with Crippen LogP contribution in [-0.4, -0.2) is 9.55 Å². The fraction of sp³-hybridized carbons (Fsp3) is 0. The van der Waals surface area contributed by atoms with E-state index < -0.39 is 0 Å². The summed E-state index contributed by atoms with van der Waals surface area (Å²) >= 11 is 11.2. The van der Waals surface area contributed by atoms with Crippen LogP contribution >= 0.6 is 23.8 Å². The van der Waals surface area contributed by atoms with Gasteiger partial charge in [0.05, 0.1) is 16.7 Å². The zero-order chi connectivity index (χ0) is 12.7. The molecule has 0 aliphatic rings. The molecule has 5 heteroatoms. The summed E-state index contributed by atoms with van der Waals surface area (Å²) in [6.45, 7) is 0. The van der Waals surface area contributed by atoms with Gasteiger partial charge in [-0.25, -0.2) is 4.39 Å². The Morgan fingerprint density at radius 1 is 1.17 bits per heavy atom. The average Bonchev–Trinajstić information content (AvgIpc) is 2.65. The number of rotatable bonds is 1. The van der Waals surface area contributed by atoms with Crippen LogP contribution in [0.25, 0.3) is 16.7 Å². The van der Waals surface area contributed by atoms with E-state index in [0.29, 0.717) is 15.5 Å². The molecule has 0 aliphatic heterocycles. The fourth-order valence-electron chi connectivity index (χ4n) is 1.96. The van der Waals surface area contributed by atoms with E-state index in [9.17, 15) is 4.39 Å². The Labute approximate surface area is 113 Å². The monoisotopic (exact) mass is 278 g/mol. The number of nitrogens with zero attached hydrogens (tertiary/aromatic N) is 1. The summed E-state index contributed by atoms with van der Waals surface area (Å²) in [5.41, 5.74) is 2.02. The van der Waals surface area contributed by atoms with Crippen LogP contribution in [0.4, 0.5) is 4.39 Å². The van der Waals surface area contributed by atoms with E-state index in [-0.39, 0.29) is 5.82 Å². The predicted octanol–water partition coefficient (Wildman–Crippen LogP) is 4.48. The van der Waals surface area contributed by atoms with E-state index in [1.54, 1.807) is 34.9 Å². The largest absolute Gasteiger partial charge is 0.330 e. The molecule has 3 rings (SSSR count). The Bertz CT molecular complexity index is 791. The molecule has 0 unspecified atom stereocenters. The van der Waals surface area contributed by atoms with Gasteiger partial charge in [0.1, 0.15) is 5.82 Å². The molecule has 0 aliphatic carbocycles. The molecule has 1 N–H and O–H groups in total. The number of para-hydroxylation sites is 1. The standard InChI is InChI=1S/C13H8ClFN2S/c14-8-5-6-12-10(7-8)16-13(18)17(12)11-4-2-1-3-9(11)15/h1-7H,(H,16,18). The zero-order valence-corrected chi connectivity index (χ0v) is 10.7. The smallest absolute Gasteiger partial charge is 0.182 e. The van der Waals surface area contributed by atoms with Crippen LogP contribution < -0.4 is 0 Å². The number of aromatic nitrogens is 2. The van der Waals surface area contributed by atoms with E-state index in [1.807, 2.05) is 6.07 Å². The molecular formula is C13H8ClFN2S. The number of benzene rings is 2. The summed E-state index contributed by atoms with van der Waals surface area (Å²) in [6.07, 6.45) is 0. The third kappa shape index (κ3) is 1.74. The number of hydrogen-bond donors (Lipinski definition) is 1. The minimum absolute atomic E-state index is 0.315. The van der Waals surface area contributed by atoms with Crippen molar-refractivity contribution in [3.8, 4) is 5.69 Å². The van der Waals surface area contributed by atoms with Crippen LogP contribution in [0.15, 0.2) is 42.5 Å². The Morgan fingerprint density at radius 3 is 2.72 bits per heavy atom. The van der Waals surface area contributed by atoms with E-state index in [0.717, 1.165) is 11.0 Å². The molecule has 2 aromatic carbocycles. The Hall–Kier alpha value is -1.65. The van der Waals surface area contributed by atoms with Gasteiger partial charge in [0.2, 0.25) is 0 Å². The minimum Gasteiger partial charge on any atom is -0.330 e. The van der Waals surface area contributed by atoms with Gasteiger partial charge in [-0.15, -0.1) is 0 Å². The first kappa shape index (κ1) is 11.4. The van der Waals surface area contributed by atoms with E-state index in [1.165, 1.54) is 6.07 Å². The van der Waals surface area contributed by atoms with Crippen molar-refractivity contribution < 1.29 is 4.39 Å². The summed E-state index contributed by atoms with van der Waals surface area (Å²) in [4.78, 5) is 3.02. The second kappa shape index (κ2) is 4.23. The van der Waals surface area contributed by atoms with Crippen LogP contribution in [0.1, 0.15) is 0 Å². The first-order valence-electron chi connectivity index (χ1n) is 5.32. The van der Waals surface area contributed by atoms with E-state index >= 15 is 0 Å². The zero-order valence-electron chi connectivity index (χ0n) is 9.15. The van der Waals surface area contributed by atoms with Crippen molar-refractivity contribution in [2.45, 2.75) is 0 Å². The Kier molecular flexibility index (Phi) is 2.69. The van der Waals surface area contributed by atoms with Crippen molar-refractivity contribution in [2.75, 3.05) is 0 Å². The SMILES string of the molecule is Fc1ccccc1-n1c(=S)[nH]c2cc(Cl)ccc21. The highest BCUT2D eigenvalue weighted by Crippen LogP contribution is 2.23. The number of halogens is 2. The molecule has 18 heavy (non-hydrogen) atoms. The number of H-pyrrole nitrogens is 1.